The van der Waals surface area contributed by atoms with Crippen LogP contribution in [0.3, 0.4) is 0 Å². The zero-order chi connectivity index (χ0) is 16.1. The predicted molar refractivity (Wildman–Crippen MR) is 75.7 cm³/mol. The van der Waals surface area contributed by atoms with Crippen molar-refractivity contribution in [3.63, 3.8) is 0 Å². The molecule has 0 aromatic heterocycles. The Morgan fingerprint density at radius 3 is 2.18 bits per heavy atom. The fraction of sp³-hybridized carbons (Fsp3) is 0.429. The lowest BCUT2D eigenvalue weighted by molar-refractivity contribution is 0.183. The van der Waals surface area contributed by atoms with Crippen molar-refractivity contribution in [2.24, 2.45) is 0 Å². The summed E-state index contributed by atoms with van der Waals surface area (Å²) in [6, 6.07) is 2.13. The van der Waals surface area contributed by atoms with Crippen molar-refractivity contribution in [1.29, 1.82) is 0 Å². The number of urea groups is 1. The molecule has 2 rings (SSSR count). The summed E-state index contributed by atoms with van der Waals surface area (Å²) in [5.41, 5.74) is -0.0971. The van der Waals surface area contributed by atoms with E-state index in [-0.39, 0.29) is 17.8 Å². The molecule has 0 heterocycles. The molecule has 4 N–H and O–H groups in total. The fourth-order valence-electron chi connectivity index (χ4n) is 2.49. The van der Waals surface area contributed by atoms with E-state index >= 15 is 0 Å². The molecule has 1 fully saturated rings. The number of amides is 3. The largest absolute Gasteiger partial charge is 0.465 e. The van der Waals surface area contributed by atoms with E-state index in [2.05, 4.69) is 16.0 Å². The summed E-state index contributed by atoms with van der Waals surface area (Å²) in [6.45, 7) is 0. The molecule has 0 bridgehead atoms. The number of anilines is 1. The van der Waals surface area contributed by atoms with Gasteiger partial charge < -0.3 is 21.1 Å². The molecule has 1 aliphatic carbocycles. The molecule has 1 aromatic rings. The molecule has 0 spiro atoms. The second kappa shape index (κ2) is 7.06. The molecule has 8 heteroatoms. The van der Waals surface area contributed by atoms with Crippen LogP contribution in [0.4, 0.5) is 24.1 Å². The van der Waals surface area contributed by atoms with Crippen molar-refractivity contribution in [1.82, 2.24) is 10.6 Å². The molecular weight excluding hydrogens is 296 g/mol. The Kier molecular flexibility index (Phi) is 5.13. The van der Waals surface area contributed by atoms with Crippen LogP contribution < -0.4 is 16.0 Å². The number of carboxylic acid groups (broad SMARTS) is 1. The maximum absolute atomic E-state index is 13.4. The first-order chi connectivity index (χ1) is 10.4. The zero-order valence-corrected chi connectivity index (χ0v) is 11.7. The van der Waals surface area contributed by atoms with Crippen molar-refractivity contribution in [3.05, 3.63) is 29.8 Å². The third-order valence-electron chi connectivity index (χ3n) is 3.57. The van der Waals surface area contributed by atoms with E-state index in [9.17, 15) is 18.4 Å². The Balaban J connectivity index is 1.79. The number of hydrogen-bond acceptors (Lipinski definition) is 2. The Morgan fingerprint density at radius 2 is 1.64 bits per heavy atom. The number of nitrogens with one attached hydrogen (secondary N) is 3. The van der Waals surface area contributed by atoms with Crippen molar-refractivity contribution in [3.8, 4) is 0 Å². The molecule has 0 atom stereocenters. The number of carbonyl (C=O) groups excluding carboxylic acids is 1. The van der Waals surface area contributed by atoms with Gasteiger partial charge in [-0.15, -0.1) is 0 Å². The first kappa shape index (κ1) is 16.0. The van der Waals surface area contributed by atoms with Gasteiger partial charge in [0.1, 0.15) is 11.6 Å². The standard InChI is InChI=1S/C14H17F2N3O3/c15-8-1-6-12(11(16)7-8)19-13(20)17-9-2-4-10(5-3-9)18-14(21)22/h1,6-7,9-10,18H,2-5H2,(H,21,22)(H2,17,19,20). The third kappa shape index (κ3) is 4.57. The lowest BCUT2D eigenvalue weighted by atomic mass is 9.91. The number of hydrogen-bond donors (Lipinski definition) is 4. The van der Waals surface area contributed by atoms with Crippen molar-refractivity contribution in [2.75, 3.05) is 5.32 Å². The van der Waals surface area contributed by atoms with E-state index in [0.29, 0.717) is 31.7 Å². The topological polar surface area (TPSA) is 90.5 Å². The van der Waals surface area contributed by atoms with Crippen LogP contribution in [0.5, 0.6) is 0 Å². The Hall–Kier alpha value is -2.38. The highest BCUT2D eigenvalue weighted by atomic mass is 19.1. The van der Waals surface area contributed by atoms with Gasteiger partial charge in [-0.2, -0.15) is 0 Å². The summed E-state index contributed by atoms with van der Waals surface area (Å²) in [4.78, 5) is 22.3. The molecular formula is C14H17F2N3O3. The lowest BCUT2D eigenvalue weighted by Crippen LogP contribution is -2.44. The van der Waals surface area contributed by atoms with Crippen LogP contribution in [0, 0.1) is 11.6 Å². The van der Waals surface area contributed by atoms with Gasteiger partial charge in [-0.25, -0.2) is 18.4 Å². The van der Waals surface area contributed by atoms with Gasteiger partial charge in [-0.05, 0) is 37.8 Å². The van der Waals surface area contributed by atoms with Crippen LogP contribution in [-0.4, -0.2) is 29.3 Å². The molecule has 6 nitrogen and oxygen atoms in total. The average molecular weight is 313 g/mol. The molecule has 22 heavy (non-hydrogen) atoms. The zero-order valence-electron chi connectivity index (χ0n) is 11.7. The van der Waals surface area contributed by atoms with Crippen LogP contribution in [0.15, 0.2) is 18.2 Å². The van der Waals surface area contributed by atoms with Gasteiger partial charge in [-0.1, -0.05) is 0 Å². The van der Waals surface area contributed by atoms with Crippen LogP contribution in [0.1, 0.15) is 25.7 Å². The van der Waals surface area contributed by atoms with Crippen molar-refractivity contribution < 1.29 is 23.5 Å². The summed E-state index contributed by atoms with van der Waals surface area (Å²) in [5, 5.41) is 16.1. The third-order valence-corrected chi connectivity index (χ3v) is 3.57. The van der Waals surface area contributed by atoms with Gasteiger partial charge in [0.2, 0.25) is 0 Å². The molecule has 0 aliphatic heterocycles. The molecule has 1 aromatic carbocycles. The Bertz CT molecular complexity index is 560. The van der Waals surface area contributed by atoms with Crippen molar-refractivity contribution in [2.45, 2.75) is 37.8 Å². The summed E-state index contributed by atoms with van der Waals surface area (Å²) in [6.07, 6.45) is 1.46. The highest BCUT2D eigenvalue weighted by Crippen LogP contribution is 2.19. The number of benzene rings is 1. The average Bonchev–Trinajstić information content (AvgIpc) is 2.43. The van der Waals surface area contributed by atoms with E-state index in [1.165, 1.54) is 0 Å². The Morgan fingerprint density at radius 1 is 1.05 bits per heavy atom. The monoisotopic (exact) mass is 313 g/mol. The van der Waals surface area contributed by atoms with Gasteiger partial charge in [0.25, 0.3) is 0 Å². The van der Waals surface area contributed by atoms with Crippen LogP contribution in [0.25, 0.3) is 0 Å². The van der Waals surface area contributed by atoms with Crippen LogP contribution in [0.2, 0.25) is 0 Å². The van der Waals surface area contributed by atoms with Crippen LogP contribution in [-0.2, 0) is 0 Å². The normalized spacial score (nSPS) is 21.0. The predicted octanol–water partition coefficient (Wildman–Crippen LogP) is 2.67. The molecule has 0 unspecified atom stereocenters. The van der Waals surface area contributed by atoms with E-state index in [1.54, 1.807) is 0 Å². The number of rotatable bonds is 3. The molecule has 120 valence electrons. The summed E-state index contributed by atoms with van der Waals surface area (Å²) >= 11 is 0. The second-order valence-corrected chi connectivity index (χ2v) is 5.22. The van der Waals surface area contributed by atoms with Crippen LogP contribution >= 0.6 is 0 Å². The molecule has 1 saturated carbocycles. The van der Waals surface area contributed by atoms with Gasteiger partial charge in [0, 0.05) is 18.2 Å². The highest BCUT2D eigenvalue weighted by Gasteiger charge is 2.23. The summed E-state index contributed by atoms with van der Waals surface area (Å²) in [7, 11) is 0. The highest BCUT2D eigenvalue weighted by molar-refractivity contribution is 5.89. The van der Waals surface area contributed by atoms with Gasteiger partial charge in [-0.3, -0.25) is 0 Å². The molecule has 0 radical (unpaired) electrons. The summed E-state index contributed by atoms with van der Waals surface area (Å²) in [5.74, 6) is -1.56. The quantitative estimate of drug-likeness (QED) is 0.691. The minimum atomic E-state index is -1.05. The Labute approximate surface area is 125 Å². The van der Waals surface area contributed by atoms with Crippen molar-refractivity contribution >= 4 is 17.8 Å². The van der Waals surface area contributed by atoms with Gasteiger partial charge in [0.05, 0.1) is 5.69 Å². The van der Waals surface area contributed by atoms with E-state index in [4.69, 9.17) is 5.11 Å². The maximum Gasteiger partial charge on any atom is 0.404 e. The fourth-order valence-corrected chi connectivity index (χ4v) is 2.49. The minimum absolute atomic E-state index is 0.0971. The first-order valence-electron chi connectivity index (χ1n) is 6.96. The second-order valence-electron chi connectivity index (χ2n) is 5.22. The number of halogens is 2. The SMILES string of the molecule is O=C(O)NC1CCC(NC(=O)Nc2ccc(F)cc2F)CC1. The van der Waals surface area contributed by atoms with E-state index < -0.39 is 23.8 Å². The molecule has 0 saturated heterocycles. The van der Waals surface area contributed by atoms with Gasteiger partial charge >= 0.3 is 12.1 Å². The lowest BCUT2D eigenvalue weighted by Gasteiger charge is -2.28. The van der Waals surface area contributed by atoms with E-state index in [1.807, 2.05) is 0 Å². The first-order valence-corrected chi connectivity index (χ1v) is 6.96. The maximum atomic E-state index is 13.4. The van der Waals surface area contributed by atoms with E-state index in [0.717, 1.165) is 12.1 Å². The summed E-state index contributed by atoms with van der Waals surface area (Å²) < 4.78 is 26.2. The van der Waals surface area contributed by atoms with Gasteiger partial charge in [0.15, 0.2) is 0 Å². The minimum Gasteiger partial charge on any atom is -0.465 e. The molecule has 3 amide bonds. The molecule has 1 aliphatic rings. The number of carbonyl (C=O) groups is 2. The smallest absolute Gasteiger partial charge is 0.404 e.